The van der Waals surface area contributed by atoms with Crippen molar-refractivity contribution in [3.63, 3.8) is 0 Å². The molecule has 1 N–H and O–H groups in total. The fraction of sp³-hybridized carbons (Fsp3) is 0.432. The second-order valence-corrected chi connectivity index (χ2v) is 15.9. The zero-order valence-corrected chi connectivity index (χ0v) is 34.2. The molecule has 60 heavy (non-hydrogen) atoms. The van der Waals surface area contributed by atoms with Crippen LogP contribution in [0.5, 0.6) is 0 Å². The lowest BCUT2D eigenvalue weighted by molar-refractivity contribution is -0.172. The van der Waals surface area contributed by atoms with Crippen molar-refractivity contribution in [3.8, 4) is 0 Å². The first-order valence-electron chi connectivity index (χ1n) is 20.2. The topological polar surface area (TPSA) is 177 Å². The van der Waals surface area contributed by atoms with Crippen LogP contribution >= 0.6 is 0 Å². The van der Waals surface area contributed by atoms with Crippen LogP contribution in [-0.2, 0) is 48.4 Å². The molecular weight excluding hydrogens is 773 g/mol. The van der Waals surface area contributed by atoms with E-state index < -0.39 is 53.7 Å². The molecule has 3 aromatic rings. The van der Waals surface area contributed by atoms with Gasteiger partial charge in [0, 0.05) is 39.3 Å². The number of β-lactam (4-membered cyclic amide) rings is 1. The van der Waals surface area contributed by atoms with Gasteiger partial charge in [-0.2, -0.15) is 0 Å². The number of nitrogens with one attached hydrogen (secondary N) is 1. The first kappa shape index (κ1) is 43.1. The fourth-order valence-electron chi connectivity index (χ4n) is 7.31. The Bertz CT molecular complexity index is 2000. The molecule has 0 bridgehead atoms. The molecule has 3 aliphatic heterocycles. The number of aliphatic imine (C=N–C) groups is 1. The van der Waals surface area contributed by atoms with Crippen LogP contribution in [0.2, 0.25) is 0 Å². The zero-order chi connectivity index (χ0) is 42.6. The van der Waals surface area contributed by atoms with E-state index >= 15 is 0 Å². The number of nitrogens with zero attached hydrogens (tertiary/aromatic N) is 5. The van der Waals surface area contributed by atoms with E-state index in [-0.39, 0.29) is 70.8 Å². The van der Waals surface area contributed by atoms with Gasteiger partial charge in [-0.1, -0.05) is 91.0 Å². The van der Waals surface area contributed by atoms with E-state index in [1.807, 2.05) is 78.9 Å². The number of amides is 6. The number of imide groups is 1. The van der Waals surface area contributed by atoms with Gasteiger partial charge in [-0.15, -0.1) is 4.99 Å². The summed E-state index contributed by atoms with van der Waals surface area (Å²) in [5.41, 5.74) is 1.59. The highest BCUT2D eigenvalue weighted by Crippen LogP contribution is 2.37. The van der Waals surface area contributed by atoms with Gasteiger partial charge in [-0.25, -0.2) is 28.9 Å². The summed E-state index contributed by atoms with van der Waals surface area (Å²) >= 11 is 0. The minimum absolute atomic E-state index is 0.0127. The normalized spacial score (nSPS) is 19.5. The van der Waals surface area contributed by atoms with E-state index in [2.05, 4.69) is 10.3 Å². The Labute approximate surface area is 349 Å². The lowest BCUT2D eigenvalue weighted by atomic mass is 9.78. The Morgan fingerprint density at radius 1 is 0.700 bits per heavy atom. The molecule has 0 radical (unpaired) electrons. The van der Waals surface area contributed by atoms with Crippen LogP contribution in [0, 0.1) is 11.8 Å². The third-order valence-electron chi connectivity index (χ3n) is 10.3. The van der Waals surface area contributed by atoms with Gasteiger partial charge < -0.3 is 33.6 Å². The number of guanidine groups is 1. The van der Waals surface area contributed by atoms with Crippen molar-refractivity contribution in [1.29, 1.82) is 0 Å². The molecule has 0 saturated carbocycles. The van der Waals surface area contributed by atoms with E-state index in [4.69, 9.17) is 18.9 Å². The average Bonchev–Trinajstić information content (AvgIpc) is 3.25. The number of likely N-dealkylation sites (tertiary alicyclic amines) is 2. The summed E-state index contributed by atoms with van der Waals surface area (Å²) in [6, 6.07) is 25.5. The maximum Gasteiger partial charge on any atom is 0.437 e. The molecule has 0 aromatic heterocycles. The number of carbonyl (C=O) groups excluding carboxylic acids is 6. The molecule has 0 aliphatic carbocycles. The highest BCUT2D eigenvalue weighted by molar-refractivity contribution is 6.08. The highest BCUT2D eigenvalue weighted by Gasteiger charge is 2.57. The largest absolute Gasteiger partial charge is 0.459 e. The van der Waals surface area contributed by atoms with E-state index in [0.29, 0.717) is 19.4 Å². The SMILES string of the molecule is CC(C)(C)OC(=O)N1CCN(C(=O)N2C(=O)C(CC3CCCN(/C(=N/C(=O)OCc4ccccc4)NC(=O)OCc4ccccc4)C3)C2C(=O)OCc2ccccc2)CC1. The molecule has 16 nitrogen and oxygen atoms in total. The molecule has 16 heteroatoms. The van der Waals surface area contributed by atoms with Crippen LogP contribution in [0.25, 0.3) is 0 Å². The van der Waals surface area contributed by atoms with Crippen LogP contribution in [0.4, 0.5) is 19.2 Å². The molecule has 3 heterocycles. The molecule has 0 spiro atoms. The van der Waals surface area contributed by atoms with Crippen molar-refractivity contribution in [2.45, 2.75) is 71.5 Å². The predicted molar refractivity (Wildman–Crippen MR) is 218 cm³/mol. The van der Waals surface area contributed by atoms with Crippen molar-refractivity contribution < 1.29 is 47.7 Å². The predicted octanol–water partition coefficient (Wildman–Crippen LogP) is 5.95. The molecule has 6 amide bonds. The van der Waals surface area contributed by atoms with Gasteiger partial charge in [-0.3, -0.25) is 10.1 Å². The molecule has 3 aromatic carbocycles. The third-order valence-corrected chi connectivity index (χ3v) is 10.3. The molecular formula is C44H52N6O10. The van der Waals surface area contributed by atoms with Crippen molar-refractivity contribution in [2.24, 2.45) is 16.8 Å². The number of carbonyl (C=O) groups is 6. The summed E-state index contributed by atoms with van der Waals surface area (Å²) in [6.45, 7) is 6.61. The monoisotopic (exact) mass is 824 g/mol. The Hall–Kier alpha value is -6.45. The van der Waals surface area contributed by atoms with E-state index in [9.17, 15) is 28.8 Å². The number of esters is 1. The standard InChI is InChI=1S/C44H52N6O10/c1-44(2,3)60-43(56)48-24-22-47(23-25-48)42(55)50-36(38(52)57-28-31-14-7-4-8-15-31)35(37(50)51)26-34-20-13-21-49(27-34)39(45-40(53)58-29-32-16-9-5-10-17-32)46-41(54)59-30-33-18-11-6-12-19-33/h4-12,14-19,34-36H,13,20-30H2,1-3H3,(H,45,46,53,54). The van der Waals surface area contributed by atoms with Gasteiger partial charge in [0.05, 0.1) is 5.92 Å². The summed E-state index contributed by atoms with van der Waals surface area (Å²) in [5.74, 6) is -2.36. The minimum atomic E-state index is -1.18. The lowest BCUT2D eigenvalue weighted by Gasteiger charge is -2.48. The number of hydrogen-bond donors (Lipinski definition) is 1. The second kappa shape index (κ2) is 20.0. The summed E-state index contributed by atoms with van der Waals surface area (Å²) in [7, 11) is 0. The lowest BCUT2D eigenvalue weighted by Crippen LogP contribution is -2.70. The van der Waals surface area contributed by atoms with Crippen LogP contribution in [-0.4, -0.2) is 113 Å². The number of rotatable bonds is 9. The van der Waals surface area contributed by atoms with Crippen molar-refractivity contribution in [1.82, 2.24) is 24.9 Å². The van der Waals surface area contributed by atoms with Crippen LogP contribution in [0.15, 0.2) is 96.0 Å². The Balaban J connectivity index is 1.14. The number of piperidine rings is 1. The molecule has 3 aliphatic rings. The molecule has 3 atom stereocenters. The van der Waals surface area contributed by atoms with Crippen molar-refractivity contribution >= 4 is 42.1 Å². The summed E-state index contributed by atoms with van der Waals surface area (Å²) in [5, 5.41) is 2.62. The summed E-state index contributed by atoms with van der Waals surface area (Å²) < 4.78 is 22.0. The van der Waals surface area contributed by atoms with Crippen LogP contribution in [0.1, 0.15) is 56.7 Å². The maximum atomic E-state index is 13.9. The van der Waals surface area contributed by atoms with E-state index in [1.54, 1.807) is 37.8 Å². The fourth-order valence-corrected chi connectivity index (χ4v) is 7.31. The number of ether oxygens (including phenoxy) is 4. The third kappa shape index (κ3) is 11.8. The van der Waals surface area contributed by atoms with Gasteiger partial charge in [0.15, 0.2) is 6.04 Å². The van der Waals surface area contributed by atoms with Gasteiger partial charge in [0.2, 0.25) is 11.9 Å². The Kier molecular flexibility index (Phi) is 14.4. The Morgan fingerprint density at radius 2 is 1.23 bits per heavy atom. The number of hydrogen-bond acceptors (Lipinski definition) is 10. The first-order chi connectivity index (χ1) is 28.8. The van der Waals surface area contributed by atoms with Gasteiger partial charge in [0.25, 0.3) is 0 Å². The molecule has 6 rings (SSSR count). The summed E-state index contributed by atoms with van der Waals surface area (Å²) in [4.78, 5) is 90.2. The quantitative estimate of drug-likeness (QED) is 0.0887. The molecule has 318 valence electrons. The summed E-state index contributed by atoms with van der Waals surface area (Å²) in [6.07, 6.45) is -0.742. The zero-order valence-electron chi connectivity index (χ0n) is 34.2. The van der Waals surface area contributed by atoms with Gasteiger partial charge in [0.1, 0.15) is 25.4 Å². The minimum Gasteiger partial charge on any atom is -0.459 e. The molecule has 3 unspecified atom stereocenters. The van der Waals surface area contributed by atoms with E-state index in [1.165, 1.54) is 9.80 Å². The number of urea groups is 1. The number of benzene rings is 3. The van der Waals surface area contributed by atoms with E-state index in [0.717, 1.165) is 21.6 Å². The van der Waals surface area contributed by atoms with Crippen LogP contribution in [0.3, 0.4) is 0 Å². The van der Waals surface area contributed by atoms with Gasteiger partial charge >= 0.3 is 30.3 Å². The number of piperazine rings is 1. The Morgan fingerprint density at radius 3 is 1.80 bits per heavy atom. The van der Waals surface area contributed by atoms with Crippen molar-refractivity contribution in [2.75, 3.05) is 39.3 Å². The van der Waals surface area contributed by atoms with Crippen molar-refractivity contribution in [3.05, 3.63) is 108 Å². The smallest absolute Gasteiger partial charge is 0.437 e. The maximum absolute atomic E-state index is 13.9. The molecule has 3 saturated heterocycles. The first-order valence-corrected chi connectivity index (χ1v) is 20.2. The average molecular weight is 825 g/mol. The molecule has 3 fully saturated rings. The number of alkyl carbamates (subject to hydrolysis) is 1. The highest BCUT2D eigenvalue weighted by atomic mass is 16.6. The van der Waals surface area contributed by atoms with Crippen LogP contribution < -0.4 is 5.32 Å². The second-order valence-electron chi connectivity index (χ2n) is 15.9. The van der Waals surface area contributed by atoms with Gasteiger partial charge in [-0.05, 0) is 62.6 Å².